The summed E-state index contributed by atoms with van der Waals surface area (Å²) < 4.78 is 4.98. The second-order valence-corrected chi connectivity index (χ2v) is 4.62. The van der Waals surface area contributed by atoms with E-state index >= 15 is 0 Å². The Morgan fingerprint density at radius 1 is 1.35 bits per heavy atom. The molecule has 1 aliphatic heterocycles. The number of para-hydroxylation sites is 1. The standard InChI is InChI=1S/C14H16N2O4/c1-9(13(15)18)20-14(19)10-5-2-3-6-11(10)16-8-4-7-12(16)17/h2-3,5-6,9H,4,7-8H2,1H3,(H2,15,18)/t9-/m1/s1. The maximum atomic E-state index is 12.1. The van der Waals surface area contributed by atoms with E-state index in [0.717, 1.165) is 6.42 Å². The Balaban J connectivity index is 2.26. The predicted molar refractivity (Wildman–Crippen MR) is 72.1 cm³/mol. The van der Waals surface area contributed by atoms with Gasteiger partial charge >= 0.3 is 5.97 Å². The van der Waals surface area contributed by atoms with Crippen LogP contribution in [0.4, 0.5) is 5.69 Å². The number of benzene rings is 1. The molecule has 20 heavy (non-hydrogen) atoms. The Hall–Kier alpha value is -2.37. The van der Waals surface area contributed by atoms with Crippen LogP contribution in [0.25, 0.3) is 0 Å². The molecule has 1 aromatic carbocycles. The minimum atomic E-state index is -1.01. The van der Waals surface area contributed by atoms with Crippen LogP contribution >= 0.6 is 0 Å². The zero-order chi connectivity index (χ0) is 14.7. The van der Waals surface area contributed by atoms with E-state index in [0.29, 0.717) is 18.7 Å². The molecule has 1 atom stereocenters. The average Bonchev–Trinajstić information content (AvgIpc) is 2.84. The van der Waals surface area contributed by atoms with E-state index in [1.165, 1.54) is 6.92 Å². The fraction of sp³-hybridized carbons (Fsp3) is 0.357. The fourth-order valence-corrected chi connectivity index (χ4v) is 2.07. The topological polar surface area (TPSA) is 89.7 Å². The van der Waals surface area contributed by atoms with Gasteiger partial charge < -0.3 is 15.4 Å². The van der Waals surface area contributed by atoms with E-state index in [-0.39, 0.29) is 11.5 Å². The van der Waals surface area contributed by atoms with Crippen molar-refractivity contribution in [2.75, 3.05) is 11.4 Å². The Morgan fingerprint density at radius 3 is 2.65 bits per heavy atom. The van der Waals surface area contributed by atoms with Gasteiger partial charge in [0.1, 0.15) is 0 Å². The monoisotopic (exact) mass is 276 g/mol. The van der Waals surface area contributed by atoms with Gasteiger partial charge in [-0.2, -0.15) is 0 Å². The number of primary amides is 1. The van der Waals surface area contributed by atoms with E-state index in [4.69, 9.17) is 10.5 Å². The first-order valence-corrected chi connectivity index (χ1v) is 6.40. The van der Waals surface area contributed by atoms with Crippen molar-refractivity contribution in [1.29, 1.82) is 0 Å². The summed E-state index contributed by atoms with van der Waals surface area (Å²) in [5.41, 5.74) is 5.83. The minimum absolute atomic E-state index is 0.0202. The van der Waals surface area contributed by atoms with Crippen molar-refractivity contribution in [2.45, 2.75) is 25.9 Å². The molecule has 1 aliphatic rings. The van der Waals surface area contributed by atoms with Crippen LogP contribution in [0.1, 0.15) is 30.1 Å². The quantitative estimate of drug-likeness (QED) is 0.825. The van der Waals surface area contributed by atoms with Gasteiger partial charge in [-0.15, -0.1) is 0 Å². The molecule has 1 heterocycles. The molecule has 2 rings (SSSR count). The average molecular weight is 276 g/mol. The van der Waals surface area contributed by atoms with Crippen LogP contribution in [0.15, 0.2) is 24.3 Å². The highest BCUT2D eigenvalue weighted by atomic mass is 16.5. The van der Waals surface area contributed by atoms with Crippen molar-refractivity contribution < 1.29 is 19.1 Å². The Kier molecular flexibility index (Phi) is 4.02. The van der Waals surface area contributed by atoms with Crippen molar-refractivity contribution in [2.24, 2.45) is 5.73 Å². The molecule has 1 aromatic rings. The van der Waals surface area contributed by atoms with Gasteiger partial charge in [0.25, 0.3) is 5.91 Å². The highest BCUT2D eigenvalue weighted by molar-refractivity contribution is 6.04. The van der Waals surface area contributed by atoms with Gasteiger partial charge in [-0.1, -0.05) is 12.1 Å². The lowest BCUT2D eigenvalue weighted by molar-refractivity contribution is -0.125. The third-order valence-corrected chi connectivity index (χ3v) is 3.17. The summed E-state index contributed by atoms with van der Waals surface area (Å²) in [6.45, 7) is 1.98. The minimum Gasteiger partial charge on any atom is -0.449 e. The molecular weight excluding hydrogens is 260 g/mol. The normalized spacial score (nSPS) is 16.1. The number of nitrogens with zero attached hydrogens (tertiary/aromatic N) is 1. The fourth-order valence-electron chi connectivity index (χ4n) is 2.07. The second kappa shape index (κ2) is 5.73. The van der Waals surface area contributed by atoms with Gasteiger partial charge in [-0.05, 0) is 25.5 Å². The van der Waals surface area contributed by atoms with Gasteiger partial charge in [0.15, 0.2) is 6.10 Å². The van der Waals surface area contributed by atoms with E-state index in [9.17, 15) is 14.4 Å². The smallest absolute Gasteiger partial charge is 0.341 e. The molecule has 0 spiro atoms. The summed E-state index contributed by atoms with van der Waals surface area (Å²) >= 11 is 0. The van der Waals surface area contributed by atoms with Crippen molar-refractivity contribution in [1.82, 2.24) is 0 Å². The molecule has 0 aliphatic carbocycles. The molecule has 2 N–H and O–H groups in total. The number of carbonyl (C=O) groups excluding carboxylic acids is 3. The molecule has 0 radical (unpaired) electrons. The second-order valence-electron chi connectivity index (χ2n) is 4.62. The number of amides is 2. The van der Waals surface area contributed by atoms with Crippen molar-refractivity contribution >= 4 is 23.5 Å². The van der Waals surface area contributed by atoms with Crippen LogP contribution < -0.4 is 10.6 Å². The number of hydrogen-bond donors (Lipinski definition) is 1. The molecule has 0 bridgehead atoms. The number of esters is 1. The zero-order valence-electron chi connectivity index (χ0n) is 11.2. The number of anilines is 1. The van der Waals surface area contributed by atoms with Crippen molar-refractivity contribution in [3.63, 3.8) is 0 Å². The highest BCUT2D eigenvalue weighted by Gasteiger charge is 2.27. The molecule has 1 saturated heterocycles. The molecule has 6 nitrogen and oxygen atoms in total. The Bertz CT molecular complexity index is 556. The van der Waals surface area contributed by atoms with Crippen molar-refractivity contribution in [3.05, 3.63) is 29.8 Å². The highest BCUT2D eigenvalue weighted by Crippen LogP contribution is 2.26. The van der Waals surface area contributed by atoms with E-state index in [2.05, 4.69) is 0 Å². The molecule has 1 fully saturated rings. The van der Waals surface area contributed by atoms with E-state index < -0.39 is 18.0 Å². The summed E-state index contributed by atoms with van der Waals surface area (Å²) in [7, 11) is 0. The van der Waals surface area contributed by atoms with Gasteiger partial charge in [-0.3, -0.25) is 9.59 Å². The van der Waals surface area contributed by atoms with Crippen LogP contribution in [-0.4, -0.2) is 30.4 Å². The number of nitrogens with two attached hydrogens (primary N) is 1. The summed E-state index contributed by atoms with van der Waals surface area (Å²) in [5, 5.41) is 0. The van der Waals surface area contributed by atoms with Crippen LogP contribution in [-0.2, 0) is 14.3 Å². The summed E-state index contributed by atoms with van der Waals surface area (Å²) in [6.07, 6.45) is 0.228. The first kappa shape index (κ1) is 14.0. The summed E-state index contributed by atoms with van der Waals surface area (Å²) in [5.74, 6) is -1.40. The molecule has 6 heteroatoms. The van der Waals surface area contributed by atoms with Crippen LogP contribution in [0, 0.1) is 0 Å². The number of rotatable bonds is 4. The Labute approximate surface area is 116 Å². The van der Waals surface area contributed by atoms with E-state index in [1.54, 1.807) is 29.2 Å². The van der Waals surface area contributed by atoms with Crippen LogP contribution in [0.3, 0.4) is 0 Å². The van der Waals surface area contributed by atoms with Gasteiger partial charge in [0, 0.05) is 13.0 Å². The molecule has 2 amide bonds. The molecule has 0 unspecified atom stereocenters. The Morgan fingerprint density at radius 2 is 2.05 bits per heavy atom. The molecule has 106 valence electrons. The van der Waals surface area contributed by atoms with Gasteiger partial charge in [0.05, 0.1) is 11.3 Å². The lowest BCUT2D eigenvalue weighted by Gasteiger charge is -2.19. The SMILES string of the molecule is C[C@@H](OC(=O)c1ccccc1N1CCCC1=O)C(N)=O. The van der Waals surface area contributed by atoms with Gasteiger partial charge in [-0.25, -0.2) is 4.79 Å². The summed E-state index contributed by atoms with van der Waals surface area (Å²) in [6, 6.07) is 6.68. The largest absolute Gasteiger partial charge is 0.449 e. The third-order valence-electron chi connectivity index (χ3n) is 3.17. The molecular formula is C14H16N2O4. The lowest BCUT2D eigenvalue weighted by atomic mass is 10.1. The van der Waals surface area contributed by atoms with Crippen LogP contribution in [0.2, 0.25) is 0 Å². The number of ether oxygens (including phenoxy) is 1. The lowest BCUT2D eigenvalue weighted by Crippen LogP contribution is -2.31. The first-order valence-electron chi connectivity index (χ1n) is 6.40. The third kappa shape index (κ3) is 2.79. The maximum Gasteiger partial charge on any atom is 0.341 e. The molecule has 0 aromatic heterocycles. The maximum absolute atomic E-state index is 12.1. The van der Waals surface area contributed by atoms with Crippen LogP contribution in [0.5, 0.6) is 0 Å². The predicted octanol–water partition coefficient (Wildman–Crippen LogP) is 0.844. The number of hydrogen-bond acceptors (Lipinski definition) is 4. The van der Waals surface area contributed by atoms with Gasteiger partial charge in [0.2, 0.25) is 5.91 Å². The first-order chi connectivity index (χ1) is 9.50. The zero-order valence-corrected chi connectivity index (χ0v) is 11.2. The summed E-state index contributed by atoms with van der Waals surface area (Å²) in [4.78, 5) is 36.4. The number of carbonyl (C=O) groups is 3. The van der Waals surface area contributed by atoms with E-state index in [1.807, 2.05) is 0 Å². The molecule has 0 saturated carbocycles. The van der Waals surface area contributed by atoms with Crippen molar-refractivity contribution in [3.8, 4) is 0 Å².